The molecule has 0 fully saturated rings. The molecule has 1 N–H and O–H groups in total. The van der Waals surface area contributed by atoms with Crippen molar-refractivity contribution >= 4 is 37.5 Å². The lowest BCUT2D eigenvalue weighted by molar-refractivity contribution is -0.119. The first kappa shape index (κ1) is 24.2. The zero-order valence-electron chi connectivity index (χ0n) is 17.8. The van der Waals surface area contributed by atoms with Crippen molar-refractivity contribution in [2.24, 2.45) is 0 Å². The lowest BCUT2D eigenvalue weighted by atomic mass is 10.1. The van der Waals surface area contributed by atoms with Gasteiger partial charge in [0.05, 0.1) is 18.0 Å². The lowest BCUT2D eigenvalue weighted by Gasteiger charge is -2.22. The van der Waals surface area contributed by atoms with Gasteiger partial charge in [-0.3, -0.25) is 9.10 Å². The van der Waals surface area contributed by atoms with Crippen LogP contribution < -0.4 is 14.4 Å². The maximum absolute atomic E-state index is 12.4. The molecule has 0 radical (unpaired) electrons. The number of amides is 1. The van der Waals surface area contributed by atoms with Gasteiger partial charge < -0.3 is 10.1 Å². The SMILES string of the molecule is Cc1cc(N(CC(=O)NCCCc2cccc(OC(C)C)c2)S(C)(=O)=O)ccc1Br. The number of carbonyl (C=O) groups excluding carboxylic acids is 1. The summed E-state index contributed by atoms with van der Waals surface area (Å²) in [5.74, 6) is 0.498. The molecule has 2 aromatic rings. The Morgan fingerprint density at radius 3 is 2.57 bits per heavy atom. The highest BCUT2D eigenvalue weighted by Gasteiger charge is 2.21. The second-order valence-electron chi connectivity index (χ2n) is 7.47. The highest BCUT2D eigenvalue weighted by molar-refractivity contribution is 9.10. The van der Waals surface area contributed by atoms with Crippen LogP contribution in [0.1, 0.15) is 31.4 Å². The number of aryl methyl sites for hydroxylation is 2. The van der Waals surface area contributed by atoms with Gasteiger partial charge in [-0.2, -0.15) is 0 Å². The highest BCUT2D eigenvalue weighted by Crippen LogP contribution is 2.24. The van der Waals surface area contributed by atoms with Crippen LogP contribution in [0.15, 0.2) is 46.9 Å². The molecular formula is C22H29BrN2O4S. The van der Waals surface area contributed by atoms with Gasteiger partial charge >= 0.3 is 0 Å². The molecule has 0 aliphatic carbocycles. The molecule has 2 aromatic carbocycles. The maximum atomic E-state index is 12.4. The van der Waals surface area contributed by atoms with Crippen LogP contribution in [-0.4, -0.2) is 39.8 Å². The van der Waals surface area contributed by atoms with Gasteiger partial charge in [-0.25, -0.2) is 8.42 Å². The molecule has 0 saturated carbocycles. The van der Waals surface area contributed by atoms with E-state index in [9.17, 15) is 13.2 Å². The van der Waals surface area contributed by atoms with Gasteiger partial charge in [-0.1, -0.05) is 28.1 Å². The number of hydrogen-bond acceptors (Lipinski definition) is 4. The monoisotopic (exact) mass is 496 g/mol. The first-order valence-corrected chi connectivity index (χ1v) is 12.5. The third-order valence-electron chi connectivity index (χ3n) is 4.35. The molecule has 0 aromatic heterocycles. The molecule has 0 aliphatic rings. The van der Waals surface area contributed by atoms with Gasteiger partial charge in [0.1, 0.15) is 12.3 Å². The Kier molecular flexibility index (Phi) is 8.73. The predicted molar refractivity (Wildman–Crippen MR) is 125 cm³/mol. The number of ether oxygens (including phenoxy) is 1. The van der Waals surface area contributed by atoms with Crippen LogP contribution in [-0.2, 0) is 21.2 Å². The standard InChI is InChI=1S/C22H29BrN2O4S/c1-16(2)29-20-9-5-7-18(14-20)8-6-12-24-22(26)15-25(30(4,27)28)19-10-11-21(23)17(3)13-19/h5,7,9-11,13-14,16H,6,8,12,15H2,1-4H3,(H,24,26). The van der Waals surface area contributed by atoms with Crippen LogP contribution in [0.5, 0.6) is 5.75 Å². The van der Waals surface area contributed by atoms with Crippen molar-refractivity contribution in [3.8, 4) is 5.75 Å². The van der Waals surface area contributed by atoms with Crippen LogP contribution in [0.25, 0.3) is 0 Å². The van der Waals surface area contributed by atoms with Crippen LogP contribution >= 0.6 is 15.9 Å². The van der Waals surface area contributed by atoms with E-state index in [-0.39, 0.29) is 18.6 Å². The summed E-state index contributed by atoms with van der Waals surface area (Å²) in [4.78, 5) is 12.4. The molecule has 164 valence electrons. The summed E-state index contributed by atoms with van der Waals surface area (Å²) < 4.78 is 32.1. The summed E-state index contributed by atoms with van der Waals surface area (Å²) in [5.41, 5.74) is 2.49. The molecule has 0 unspecified atom stereocenters. The summed E-state index contributed by atoms with van der Waals surface area (Å²) in [5, 5.41) is 2.81. The number of rotatable bonds is 10. The fraction of sp³-hybridized carbons (Fsp3) is 0.409. The van der Waals surface area contributed by atoms with E-state index in [0.717, 1.165) is 44.8 Å². The number of anilines is 1. The second kappa shape index (κ2) is 10.8. The van der Waals surface area contributed by atoms with E-state index < -0.39 is 10.0 Å². The zero-order chi connectivity index (χ0) is 22.3. The van der Waals surface area contributed by atoms with E-state index in [2.05, 4.69) is 21.2 Å². The molecule has 6 nitrogen and oxygen atoms in total. The number of halogens is 1. The summed E-state index contributed by atoms with van der Waals surface area (Å²) >= 11 is 3.40. The van der Waals surface area contributed by atoms with Crippen molar-refractivity contribution < 1.29 is 17.9 Å². The first-order chi connectivity index (χ1) is 14.1. The Morgan fingerprint density at radius 2 is 1.93 bits per heavy atom. The van der Waals surface area contributed by atoms with Gasteiger partial charge in [0.15, 0.2) is 0 Å². The minimum Gasteiger partial charge on any atom is -0.491 e. The number of nitrogens with zero attached hydrogens (tertiary/aromatic N) is 1. The normalized spacial score (nSPS) is 11.4. The van der Waals surface area contributed by atoms with Gasteiger partial charge in [0.25, 0.3) is 0 Å². The molecule has 2 rings (SSSR count). The maximum Gasteiger partial charge on any atom is 0.240 e. The first-order valence-electron chi connectivity index (χ1n) is 9.82. The third-order valence-corrected chi connectivity index (χ3v) is 6.38. The number of sulfonamides is 1. The van der Waals surface area contributed by atoms with E-state index in [1.165, 1.54) is 0 Å². The smallest absolute Gasteiger partial charge is 0.240 e. The minimum absolute atomic E-state index is 0.117. The van der Waals surface area contributed by atoms with Crippen LogP contribution in [0, 0.1) is 6.92 Å². The fourth-order valence-corrected chi connectivity index (χ4v) is 4.03. The predicted octanol–water partition coefficient (Wildman–Crippen LogP) is 4.06. The molecular weight excluding hydrogens is 468 g/mol. The van der Waals surface area contributed by atoms with Crippen LogP contribution in [0.4, 0.5) is 5.69 Å². The molecule has 0 saturated heterocycles. The Morgan fingerprint density at radius 1 is 1.20 bits per heavy atom. The van der Waals surface area contributed by atoms with Crippen molar-refractivity contribution in [2.75, 3.05) is 23.7 Å². The van der Waals surface area contributed by atoms with Gasteiger partial charge in [-0.15, -0.1) is 0 Å². The summed E-state index contributed by atoms with van der Waals surface area (Å²) in [6, 6.07) is 13.1. The van der Waals surface area contributed by atoms with Crippen molar-refractivity contribution in [1.29, 1.82) is 0 Å². The van der Waals surface area contributed by atoms with Crippen molar-refractivity contribution in [1.82, 2.24) is 5.32 Å². The molecule has 1 amide bonds. The van der Waals surface area contributed by atoms with E-state index in [1.807, 2.05) is 45.0 Å². The third kappa shape index (κ3) is 7.65. The number of nitrogens with one attached hydrogen (secondary N) is 1. The summed E-state index contributed by atoms with van der Waals surface area (Å²) in [6.45, 7) is 6.05. The Balaban J connectivity index is 1.90. The van der Waals surface area contributed by atoms with Gasteiger partial charge in [0.2, 0.25) is 15.9 Å². The van der Waals surface area contributed by atoms with Crippen LogP contribution in [0.2, 0.25) is 0 Å². The average Bonchev–Trinajstić information content (AvgIpc) is 2.64. The molecule has 0 bridgehead atoms. The van der Waals surface area contributed by atoms with E-state index in [4.69, 9.17) is 4.74 Å². The number of carbonyl (C=O) groups is 1. The Bertz CT molecular complexity index is 977. The summed E-state index contributed by atoms with van der Waals surface area (Å²) in [7, 11) is -3.59. The van der Waals surface area contributed by atoms with E-state index in [1.54, 1.807) is 18.2 Å². The van der Waals surface area contributed by atoms with Crippen molar-refractivity contribution in [2.45, 2.75) is 39.7 Å². The fourth-order valence-electron chi connectivity index (χ4n) is 2.94. The lowest BCUT2D eigenvalue weighted by Crippen LogP contribution is -2.40. The average molecular weight is 497 g/mol. The van der Waals surface area contributed by atoms with Gasteiger partial charge in [-0.05, 0) is 75.1 Å². The molecule has 0 atom stereocenters. The molecule has 0 spiro atoms. The van der Waals surface area contributed by atoms with E-state index in [0.29, 0.717) is 12.2 Å². The molecule has 8 heteroatoms. The quantitative estimate of drug-likeness (QED) is 0.503. The highest BCUT2D eigenvalue weighted by atomic mass is 79.9. The largest absolute Gasteiger partial charge is 0.491 e. The Labute approximate surface area is 187 Å². The number of hydrogen-bond donors (Lipinski definition) is 1. The van der Waals surface area contributed by atoms with Crippen molar-refractivity contribution in [3.05, 3.63) is 58.1 Å². The van der Waals surface area contributed by atoms with Crippen molar-refractivity contribution in [3.63, 3.8) is 0 Å². The second-order valence-corrected chi connectivity index (χ2v) is 10.2. The molecule has 30 heavy (non-hydrogen) atoms. The number of benzene rings is 2. The molecule has 0 aliphatic heterocycles. The van der Waals surface area contributed by atoms with Gasteiger partial charge in [0, 0.05) is 11.0 Å². The summed E-state index contributed by atoms with van der Waals surface area (Å²) in [6.07, 6.45) is 2.75. The van der Waals surface area contributed by atoms with Crippen LogP contribution in [0.3, 0.4) is 0 Å². The minimum atomic E-state index is -3.59. The zero-order valence-corrected chi connectivity index (χ0v) is 20.2. The van der Waals surface area contributed by atoms with E-state index >= 15 is 0 Å². The molecule has 0 heterocycles. The Hall–Kier alpha value is -2.06. The topological polar surface area (TPSA) is 75.7 Å².